The zero-order chi connectivity index (χ0) is 15.7. The third-order valence-electron chi connectivity index (χ3n) is 4.57. The predicted molar refractivity (Wildman–Crippen MR) is 87.1 cm³/mol. The van der Waals surface area contributed by atoms with Crippen LogP contribution in [0.25, 0.3) is 0 Å². The molecule has 2 aliphatic rings. The summed E-state index contributed by atoms with van der Waals surface area (Å²) in [4.78, 5) is 22.5. The number of amides is 1. The van der Waals surface area contributed by atoms with Gasteiger partial charge in [0.1, 0.15) is 5.82 Å². The molecular weight excluding hydrogens is 300 g/mol. The SMILES string of the molecule is CC1(C)CCN(CCCNc2nc(Cl)ncc2C2CC2)C1=O. The molecule has 1 aliphatic heterocycles. The lowest BCUT2D eigenvalue weighted by atomic mass is 9.92. The Morgan fingerprint density at radius 1 is 1.45 bits per heavy atom. The third-order valence-corrected chi connectivity index (χ3v) is 4.76. The summed E-state index contributed by atoms with van der Waals surface area (Å²) in [7, 11) is 0. The van der Waals surface area contributed by atoms with Gasteiger partial charge in [-0.15, -0.1) is 0 Å². The molecule has 120 valence electrons. The molecule has 1 aromatic heterocycles. The summed E-state index contributed by atoms with van der Waals surface area (Å²) in [6, 6.07) is 0. The van der Waals surface area contributed by atoms with E-state index >= 15 is 0 Å². The summed E-state index contributed by atoms with van der Waals surface area (Å²) >= 11 is 5.89. The van der Waals surface area contributed by atoms with Crippen molar-refractivity contribution in [3.8, 4) is 0 Å². The normalized spacial score (nSPS) is 20.5. The number of hydrogen-bond donors (Lipinski definition) is 1. The predicted octanol–water partition coefficient (Wildman–Crippen LogP) is 3.07. The van der Waals surface area contributed by atoms with Gasteiger partial charge in [-0.1, -0.05) is 13.8 Å². The molecule has 1 aliphatic carbocycles. The van der Waals surface area contributed by atoms with Gasteiger partial charge in [0, 0.05) is 36.8 Å². The van der Waals surface area contributed by atoms with Crippen LogP contribution in [-0.4, -0.2) is 40.4 Å². The zero-order valence-electron chi connectivity index (χ0n) is 13.2. The van der Waals surface area contributed by atoms with Gasteiger partial charge >= 0.3 is 0 Å². The van der Waals surface area contributed by atoms with Gasteiger partial charge in [-0.3, -0.25) is 4.79 Å². The maximum atomic E-state index is 12.2. The number of hydrogen-bond acceptors (Lipinski definition) is 4. The van der Waals surface area contributed by atoms with Crippen LogP contribution in [0.2, 0.25) is 5.28 Å². The fourth-order valence-corrected chi connectivity index (χ4v) is 3.08. The van der Waals surface area contributed by atoms with Gasteiger partial charge in [-0.25, -0.2) is 9.97 Å². The highest BCUT2D eigenvalue weighted by Crippen LogP contribution is 2.42. The average molecular weight is 323 g/mol. The number of anilines is 1. The minimum atomic E-state index is -0.188. The molecule has 1 aromatic rings. The Morgan fingerprint density at radius 2 is 2.23 bits per heavy atom. The van der Waals surface area contributed by atoms with Gasteiger partial charge in [-0.05, 0) is 43.2 Å². The van der Waals surface area contributed by atoms with Crippen LogP contribution in [0.5, 0.6) is 0 Å². The topological polar surface area (TPSA) is 58.1 Å². The van der Waals surface area contributed by atoms with E-state index in [0.29, 0.717) is 5.92 Å². The minimum Gasteiger partial charge on any atom is -0.370 e. The molecule has 1 saturated heterocycles. The molecule has 2 heterocycles. The van der Waals surface area contributed by atoms with E-state index < -0.39 is 0 Å². The van der Waals surface area contributed by atoms with Crippen LogP contribution < -0.4 is 5.32 Å². The van der Waals surface area contributed by atoms with Crippen LogP contribution in [0.1, 0.15) is 51.0 Å². The molecule has 22 heavy (non-hydrogen) atoms. The van der Waals surface area contributed by atoms with Crippen LogP contribution in [-0.2, 0) is 4.79 Å². The molecule has 1 N–H and O–H groups in total. The number of rotatable bonds is 6. The number of carbonyl (C=O) groups is 1. The third kappa shape index (κ3) is 3.35. The number of likely N-dealkylation sites (tertiary alicyclic amines) is 1. The van der Waals surface area contributed by atoms with Gasteiger partial charge in [-0.2, -0.15) is 0 Å². The van der Waals surface area contributed by atoms with E-state index in [-0.39, 0.29) is 16.6 Å². The Balaban J connectivity index is 1.50. The van der Waals surface area contributed by atoms with Crippen molar-refractivity contribution in [2.24, 2.45) is 5.41 Å². The molecule has 1 saturated carbocycles. The largest absolute Gasteiger partial charge is 0.370 e. The number of aromatic nitrogens is 2. The molecule has 1 amide bonds. The van der Waals surface area contributed by atoms with Crippen molar-refractivity contribution >= 4 is 23.3 Å². The quantitative estimate of drug-likeness (QED) is 0.646. The lowest BCUT2D eigenvalue weighted by molar-refractivity contribution is -0.134. The highest BCUT2D eigenvalue weighted by molar-refractivity contribution is 6.28. The summed E-state index contributed by atoms with van der Waals surface area (Å²) in [6.07, 6.45) is 6.11. The van der Waals surface area contributed by atoms with Gasteiger partial charge in [0.15, 0.2) is 0 Å². The Kier molecular flexibility index (Phi) is 4.26. The number of carbonyl (C=O) groups excluding carboxylic acids is 1. The Hall–Kier alpha value is -1.36. The number of nitrogens with one attached hydrogen (secondary N) is 1. The second kappa shape index (κ2) is 6.03. The van der Waals surface area contributed by atoms with E-state index in [1.807, 2.05) is 24.9 Å². The summed E-state index contributed by atoms with van der Waals surface area (Å²) in [5.74, 6) is 1.72. The Morgan fingerprint density at radius 3 is 2.86 bits per heavy atom. The van der Waals surface area contributed by atoms with Crippen molar-refractivity contribution in [3.63, 3.8) is 0 Å². The van der Waals surface area contributed by atoms with Crippen molar-refractivity contribution in [1.29, 1.82) is 0 Å². The molecule has 0 bridgehead atoms. The molecule has 6 heteroatoms. The van der Waals surface area contributed by atoms with E-state index in [1.54, 1.807) is 0 Å². The van der Waals surface area contributed by atoms with Gasteiger partial charge in [0.25, 0.3) is 0 Å². The second-order valence-electron chi connectivity index (χ2n) is 6.92. The molecule has 0 aromatic carbocycles. The number of nitrogens with zero attached hydrogens (tertiary/aromatic N) is 3. The van der Waals surface area contributed by atoms with Gasteiger partial charge in [0.05, 0.1) is 0 Å². The molecular formula is C16H23ClN4O. The fraction of sp³-hybridized carbons (Fsp3) is 0.688. The molecule has 2 fully saturated rings. The first kappa shape index (κ1) is 15.5. The molecule has 5 nitrogen and oxygen atoms in total. The van der Waals surface area contributed by atoms with Crippen LogP contribution in [0.3, 0.4) is 0 Å². The van der Waals surface area contributed by atoms with Crippen molar-refractivity contribution in [2.45, 2.75) is 45.4 Å². The lowest BCUT2D eigenvalue weighted by Gasteiger charge is -2.19. The highest BCUT2D eigenvalue weighted by atomic mass is 35.5. The Labute approximate surface area is 136 Å². The van der Waals surface area contributed by atoms with E-state index in [0.717, 1.165) is 38.3 Å². The van der Waals surface area contributed by atoms with Crippen molar-refractivity contribution in [2.75, 3.05) is 25.0 Å². The van der Waals surface area contributed by atoms with Crippen molar-refractivity contribution in [1.82, 2.24) is 14.9 Å². The van der Waals surface area contributed by atoms with Crippen LogP contribution in [0.15, 0.2) is 6.20 Å². The lowest BCUT2D eigenvalue weighted by Crippen LogP contribution is -2.32. The molecule has 0 unspecified atom stereocenters. The van der Waals surface area contributed by atoms with Gasteiger partial charge in [0.2, 0.25) is 11.2 Å². The first-order chi connectivity index (χ1) is 10.5. The van der Waals surface area contributed by atoms with Crippen molar-refractivity contribution < 1.29 is 4.79 Å². The van der Waals surface area contributed by atoms with E-state index in [2.05, 4.69) is 15.3 Å². The summed E-state index contributed by atoms with van der Waals surface area (Å²) in [5, 5.41) is 3.64. The monoisotopic (exact) mass is 322 g/mol. The fourth-order valence-electron chi connectivity index (χ4n) is 2.95. The molecule has 0 radical (unpaired) electrons. The maximum Gasteiger partial charge on any atom is 0.228 e. The first-order valence-electron chi connectivity index (χ1n) is 8.03. The van der Waals surface area contributed by atoms with Crippen LogP contribution >= 0.6 is 11.6 Å². The van der Waals surface area contributed by atoms with Crippen LogP contribution in [0, 0.1) is 5.41 Å². The van der Waals surface area contributed by atoms with Gasteiger partial charge < -0.3 is 10.2 Å². The average Bonchev–Trinajstić information content (AvgIpc) is 3.26. The minimum absolute atomic E-state index is 0.188. The summed E-state index contributed by atoms with van der Waals surface area (Å²) in [5.41, 5.74) is 0.981. The van der Waals surface area contributed by atoms with Crippen molar-refractivity contribution in [3.05, 3.63) is 17.0 Å². The Bertz CT molecular complexity index is 571. The first-order valence-corrected chi connectivity index (χ1v) is 8.41. The van der Waals surface area contributed by atoms with E-state index in [1.165, 1.54) is 18.4 Å². The standard InChI is InChI=1S/C16H23ClN4O/c1-16(2)6-9-21(14(16)22)8-3-7-18-13-12(11-4-5-11)10-19-15(17)20-13/h10-11H,3-9H2,1-2H3,(H,18,19,20). The number of halogens is 1. The van der Waals surface area contributed by atoms with Crippen LogP contribution in [0.4, 0.5) is 5.82 Å². The van der Waals surface area contributed by atoms with E-state index in [4.69, 9.17) is 11.6 Å². The molecule has 3 rings (SSSR count). The maximum absolute atomic E-state index is 12.2. The second-order valence-corrected chi connectivity index (χ2v) is 7.26. The summed E-state index contributed by atoms with van der Waals surface area (Å²) < 4.78 is 0. The smallest absolute Gasteiger partial charge is 0.228 e. The summed E-state index contributed by atoms with van der Waals surface area (Å²) in [6.45, 7) is 6.51. The zero-order valence-corrected chi connectivity index (χ0v) is 14.0. The van der Waals surface area contributed by atoms with E-state index in [9.17, 15) is 4.79 Å². The molecule has 0 spiro atoms. The highest BCUT2D eigenvalue weighted by Gasteiger charge is 2.37. The molecule has 0 atom stereocenters.